The molecule has 3 aliphatic rings. The Morgan fingerprint density at radius 2 is 1.22 bits per heavy atom. The van der Waals surface area contributed by atoms with Crippen LogP contribution in [0.4, 0.5) is 53.0 Å². The largest absolute Gasteiger partial charge is 0.458 e. The quantitative estimate of drug-likeness (QED) is 0.00783. The van der Waals surface area contributed by atoms with Gasteiger partial charge in [0.1, 0.15) is 17.5 Å². The standard InChI is InChI=1S/C50H60BrN11O8.C20H33N3O8.C4F6O2/c1-5-53-42(63)27-55-44(29(2)3)47(66)59-38(11-8-18-54-49(52)68)46(65)56-33-14-12-30(13-15-33)45(64)57-34-16-17-37-31(23-34)24-39(58-37)48(67)62-28-32(26-51)43-36-10-7-6-9-35(36)41(25-40(43)62)70-50(69)61-21-19-60(4)20-22-61;1-2-21-18(25)6-9-28-11-13-30-15-16-31-14-12-29-10-7-22-17(24)5-8-23-19(26)3-4-20(23)27;5-3(6,7)1(11)2(12)4(8,9)10/h6-7,9-10,12-17,23-25,29,32,38,44,55,58H,5,8,11,18-22,26-28H2,1-4H3,(H,53,63)(H,56,65)(H,57,64)(H,59,66)(H3,52,54,68);3-4H,2,5-16H2,1H3,(H,21,25)(H,22,24);/t32-,38?,44?;;/m1../s1. The molecule has 4 aromatic carbocycles. The van der Waals surface area contributed by atoms with E-state index in [2.05, 4.69) is 68.3 Å². The van der Waals surface area contributed by atoms with Crippen molar-refractivity contribution in [2.75, 3.05) is 153 Å². The average molecular weight is 1660 g/mol. The number of carbonyl (C=O) groups excluding carboxylic acids is 13. The SMILES string of the molecule is CCNC(=O)CCOCCOCCOCCOCCNC(=O)CCN1C(=O)C=CC1=O.CCNC(=O)CNC(C(=O)NC(CCCNC(N)=O)C(=O)Nc1ccc(C(=O)Nc2ccc3[nH]c(C(=O)N4C[C@@H](CBr)c5c4cc(OC(=O)N4CCN(C)CC4)c4ccccc54)cc3c2)cc1)C(C)C.O=C(C(=O)C(F)(F)F)C(F)(F)F. The number of aromatic amines is 1. The number of aromatic nitrogens is 1. The van der Waals surface area contributed by atoms with E-state index in [1.54, 1.807) is 71.3 Å². The number of nitrogens with zero attached hydrogens (tertiary/aromatic N) is 4. The molecule has 0 spiro atoms. The predicted octanol–water partition coefficient (Wildman–Crippen LogP) is 5.34. The molecule has 5 aromatic rings. The number of halogens is 7. The van der Waals surface area contributed by atoms with Crippen LogP contribution < -0.4 is 57.9 Å². The second kappa shape index (κ2) is 45.3. The maximum Gasteiger partial charge on any atom is 0.458 e. The number of ketones is 2. The number of likely N-dealkylation sites (N-methyl/N-ethyl adjacent to an activating group) is 2. The summed E-state index contributed by atoms with van der Waals surface area (Å²) in [7, 11) is 2.02. The Hall–Kier alpha value is -10.5. The van der Waals surface area contributed by atoms with Gasteiger partial charge in [0.25, 0.3) is 23.6 Å². The molecule has 8 rings (SSSR count). The third kappa shape index (κ3) is 29.2. The summed E-state index contributed by atoms with van der Waals surface area (Å²) in [5.41, 5.74) is 9.06. The number of H-pyrrole nitrogens is 1. The zero-order valence-electron chi connectivity index (χ0n) is 62.8. The minimum atomic E-state index is -5.77. The molecular weight excluding hydrogens is 1570 g/mol. The number of fused-ring (bicyclic) bond motifs is 4. The van der Waals surface area contributed by atoms with Gasteiger partial charge in [0.15, 0.2) is 0 Å². The Bertz CT molecular complexity index is 4140. The molecule has 39 heteroatoms. The molecule has 32 nitrogen and oxygen atoms in total. The van der Waals surface area contributed by atoms with Gasteiger partial charge in [-0.25, -0.2) is 9.59 Å². The number of piperazine rings is 1. The number of urea groups is 1. The molecule has 616 valence electrons. The Kier molecular flexibility index (Phi) is 36.7. The summed E-state index contributed by atoms with van der Waals surface area (Å²) in [5, 5.41) is 25.0. The van der Waals surface area contributed by atoms with Crippen molar-refractivity contribution in [2.45, 2.75) is 83.7 Å². The number of rotatable bonds is 38. The van der Waals surface area contributed by atoms with Gasteiger partial charge in [0.05, 0.1) is 71.1 Å². The van der Waals surface area contributed by atoms with Crippen LogP contribution in [-0.2, 0) is 62.1 Å². The molecule has 0 saturated carbocycles. The Labute approximate surface area is 654 Å². The molecule has 0 bridgehead atoms. The number of hydrogen-bond donors (Lipinski definition) is 10. The van der Waals surface area contributed by atoms with Gasteiger partial charge in [0, 0.05) is 141 Å². The van der Waals surface area contributed by atoms with Crippen molar-refractivity contribution >= 4 is 132 Å². The molecule has 113 heavy (non-hydrogen) atoms. The summed E-state index contributed by atoms with van der Waals surface area (Å²) in [6, 6.07) is 20.3. The highest BCUT2D eigenvalue weighted by Crippen LogP contribution is 2.46. The molecule has 1 saturated heterocycles. The molecule has 1 aromatic heterocycles. The van der Waals surface area contributed by atoms with E-state index < -0.39 is 77.7 Å². The van der Waals surface area contributed by atoms with Crippen molar-refractivity contribution in [2.24, 2.45) is 11.7 Å². The number of anilines is 3. The molecule has 1 fully saturated rings. The normalized spacial score (nSPS) is 14.6. The van der Waals surface area contributed by atoms with Crippen LogP contribution in [0.1, 0.15) is 85.7 Å². The number of benzene rings is 4. The van der Waals surface area contributed by atoms with E-state index in [1.165, 1.54) is 12.2 Å². The number of imide groups is 1. The van der Waals surface area contributed by atoms with Crippen molar-refractivity contribution < 1.29 is 112 Å². The van der Waals surface area contributed by atoms with Crippen molar-refractivity contribution in [1.82, 2.24) is 51.6 Å². The number of nitrogens with two attached hydrogens (primary N) is 1. The van der Waals surface area contributed by atoms with E-state index in [9.17, 15) is 88.7 Å². The van der Waals surface area contributed by atoms with Crippen molar-refractivity contribution in [1.29, 1.82) is 0 Å². The predicted molar refractivity (Wildman–Crippen MR) is 405 cm³/mol. The number of carbonyl (C=O) groups is 13. The third-order valence-corrected chi connectivity index (χ3v) is 17.9. The third-order valence-electron chi connectivity index (χ3n) is 17.2. The first-order chi connectivity index (χ1) is 53.7. The summed E-state index contributed by atoms with van der Waals surface area (Å²) in [5.74, 6) is -9.66. The second-order valence-corrected chi connectivity index (χ2v) is 26.6. The lowest BCUT2D eigenvalue weighted by molar-refractivity contribution is -0.193. The lowest BCUT2D eigenvalue weighted by Crippen LogP contribution is -2.54. The molecule has 2 unspecified atom stereocenters. The molecule has 3 aliphatic heterocycles. The van der Waals surface area contributed by atoms with Crippen LogP contribution in [0.15, 0.2) is 91.0 Å². The van der Waals surface area contributed by atoms with E-state index >= 15 is 0 Å². The van der Waals surface area contributed by atoms with Gasteiger partial charge in [-0.05, 0) is 99.1 Å². The number of alkyl halides is 7. The molecule has 4 heterocycles. The van der Waals surface area contributed by atoms with E-state index in [0.717, 1.165) is 34.3 Å². The van der Waals surface area contributed by atoms with Gasteiger partial charge in [-0.1, -0.05) is 54.0 Å². The summed E-state index contributed by atoms with van der Waals surface area (Å²) < 4.78 is 94.4. The van der Waals surface area contributed by atoms with Crippen molar-refractivity contribution in [3.05, 3.63) is 108 Å². The summed E-state index contributed by atoms with van der Waals surface area (Å²) >= 11 is 3.68. The van der Waals surface area contributed by atoms with Crippen LogP contribution in [0.3, 0.4) is 0 Å². The van der Waals surface area contributed by atoms with Crippen LogP contribution in [-0.4, -0.2) is 258 Å². The zero-order valence-corrected chi connectivity index (χ0v) is 64.4. The highest BCUT2D eigenvalue weighted by atomic mass is 79.9. The second-order valence-electron chi connectivity index (χ2n) is 25.9. The van der Waals surface area contributed by atoms with Crippen LogP contribution in [0.2, 0.25) is 0 Å². The van der Waals surface area contributed by atoms with Crippen LogP contribution in [0.25, 0.3) is 21.7 Å². The Balaban J connectivity index is 0.000000380. The maximum atomic E-state index is 14.4. The van der Waals surface area contributed by atoms with Crippen molar-refractivity contribution in [3.8, 4) is 5.75 Å². The first kappa shape index (κ1) is 91.4. The summed E-state index contributed by atoms with van der Waals surface area (Å²) in [6.45, 7) is 15.1. The number of primary amides is 1. The van der Waals surface area contributed by atoms with Gasteiger partial charge >= 0.3 is 36.0 Å². The molecule has 3 atom stereocenters. The van der Waals surface area contributed by atoms with Crippen LogP contribution >= 0.6 is 15.9 Å². The fourth-order valence-electron chi connectivity index (χ4n) is 11.4. The molecular formula is C74H93BrF6N14O18. The van der Waals surface area contributed by atoms with Crippen molar-refractivity contribution in [3.63, 3.8) is 0 Å². The lowest BCUT2D eigenvalue weighted by atomic mass is 9.95. The lowest BCUT2D eigenvalue weighted by Gasteiger charge is -2.31. The van der Waals surface area contributed by atoms with E-state index in [-0.39, 0.29) is 67.9 Å². The number of hydrogen-bond acceptors (Lipinski definition) is 20. The minimum Gasteiger partial charge on any atom is -0.409 e. The number of Topliss-reactive ketones (excluding diaryl/α,β-unsaturated/α-hetero) is 2. The van der Waals surface area contributed by atoms with Gasteiger partial charge in [0.2, 0.25) is 29.5 Å². The topological polar surface area (TPSA) is 419 Å². The van der Waals surface area contributed by atoms with E-state index in [0.29, 0.717) is 155 Å². The molecule has 12 amide bonds. The summed E-state index contributed by atoms with van der Waals surface area (Å²) in [6.07, 6.45) is -8.69. The Morgan fingerprint density at radius 3 is 1.81 bits per heavy atom. The first-order valence-electron chi connectivity index (χ1n) is 36.1. The fraction of sp³-hybridized carbons (Fsp3) is 0.473. The Morgan fingerprint density at radius 1 is 0.646 bits per heavy atom. The maximum absolute atomic E-state index is 14.4. The van der Waals surface area contributed by atoms with E-state index in [1.807, 2.05) is 52.1 Å². The zero-order chi connectivity index (χ0) is 83.0. The minimum absolute atomic E-state index is 0.0194. The van der Waals surface area contributed by atoms with E-state index in [4.69, 9.17) is 29.4 Å². The van der Waals surface area contributed by atoms with Gasteiger partial charge < -0.3 is 86.3 Å². The van der Waals surface area contributed by atoms with Gasteiger partial charge in [-0.2, -0.15) is 26.3 Å². The van der Waals surface area contributed by atoms with Gasteiger partial charge in [-0.15, -0.1) is 0 Å². The number of ether oxygens (including phenoxy) is 5. The molecule has 0 radical (unpaired) electrons. The highest BCUT2D eigenvalue weighted by molar-refractivity contribution is 9.09. The monoisotopic (exact) mass is 1660 g/mol. The first-order valence-corrected chi connectivity index (χ1v) is 37.2. The number of amides is 12. The average Bonchev–Trinajstić information content (AvgIpc) is 1.61. The molecule has 0 aliphatic carbocycles. The van der Waals surface area contributed by atoms with Crippen LogP contribution in [0, 0.1) is 5.92 Å². The smallest absolute Gasteiger partial charge is 0.409 e. The summed E-state index contributed by atoms with van der Waals surface area (Å²) in [4.78, 5) is 166. The molecule has 11 N–H and O–H groups in total. The fourth-order valence-corrected chi connectivity index (χ4v) is 11.9. The highest BCUT2D eigenvalue weighted by Gasteiger charge is 2.54. The number of nitrogens with one attached hydrogen (secondary N) is 9. The van der Waals surface area contributed by atoms with Gasteiger partial charge in [-0.3, -0.25) is 63.0 Å². The van der Waals surface area contributed by atoms with Crippen LogP contribution in [0.5, 0.6) is 5.75 Å².